The number of fused-ring (bicyclic) bond motifs is 2. The van der Waals surface area contributed by atoms with Gasteiger partial charge >= 0.3 is 0 Å². The molecule has 0 aliphatic carbocycles. The van der Waals surface area contributed by atoms with Crippen LogP contribution in [0, 0.1) is 0 Å². The number of aromatic nitrogens is 3. The van der Waals surface area contributed by atoms with Gasteiger partial charge in [-0.3, -0.25) is 9.20 Å². The molecule has 0 aliphatic heterocycles. The Kier molecular flexibility index (Phi) is 5.11. The van der Waals surface area contributed by atoms with Gasteiger partial charge in [0.2, 0.25) is 21.3 Å². The molecule has 0 atom stereocenters. The molecule has 0 aliphatic rings. The Morgan fingerprint density at radius 1 is 0.970 bits per heavy atom. The van der Waals surface area contributed by atoms with Gasteiger partial charge in [0.1, 0.15) is 10.3 Å². The van der Waals surface area contributed by atoms with Crippen LogP contribution in [0.25, 0.3) is 16.7 Å². The van der Waals surface area contributed by atoms with E-state index in [0.717, 1.165) is 0 Å². The van der Waals surface area contributed by atoms with Crippen LogP contribution in [-0.2, 0) is 16.4 Å². The molecule has 5 aromatic rings. The maximum atomic E-state index is 13.5. The van der Waals surface area contributed by atoms with Crippen LogP contribution in [0.4, 0.5) is 5.82 Å². The lowest BCUT2D eigenvalue weighted by Gasteiger charge is -2.13. The average molecular weight is 478 g/mol. The molecular formula is C24H18ClN4O3S+. The molecule has 2 aromatic carbocycles. The molecule has 0 spiro atoms. The Balaban J connectivity index is 1.89. The van der Waals surface area contributed by atoms with Gasteiger partial charge in [-0.15, -0.1) is 0 Å². The van der Waals surface area contributed by atoms with Crippen LogP contribution in [0.15, 0.2) is 99.6 Å². The number of pyridine rings is 2. The molecule has 5 rings (SSSR count). The maximum absolute atomic E-state index is 13.5. The number of nitrogens with zero attached hydrogens (tertiary/aromatic N) is 3. The van der Waals surface area contributed by atoms with Crippen molar-refractivity contribution in [2.24, 2.45) is 0 Å². The number of hydrogen-bond acceptors (Lipinski definition) is 5. The lowest BCUT2D eigenvalue weighted by Crippen LogP contribution is -2.42. The van der Waals surface area contributed by atoms with Crippen molar-refractivity contribution in [2.75, 3.05) is 5.73 Å². The molecule has 7 nitrogen and oxygen atoms in total. The summed E-state index contributed by atoms with van der Waals surface area (Å²) in [4.78, 5) is 17.9. The number of nitrogen functional groups attached to an aromatic ring is 1. The third kappa shape index (κ3) is 3.53. The van der Waals surface area contributed by atoms with Crippen molar-refractivity contribution in [2.45, 2.75) is 16.3 Å². The highest BCUT2D eigenvalue weighted by molar-refractivity contribution is 7.91. The molecule has 2 N–H and O–H groups in total. The van der Waals surface area contributed by atoms with E-state index >= 15 is 0 Å². The van der Waals surface area contributed by atoms with Crippen molar-refractivity contribution in [1.29, 1.82) is 0 Å². The first-order valence-electron chi connectivity index (χ1n) is 10.0. The summed E-state index contributed by atoms with van der Waals surface area (Å²) in [5.74, 6) is -0.0292. The highest BCUT2D eigenvalue weighted by Crippen LogP contribution is 2.27. The Morgan fingerprint density at radius 3 is 2.42 bits per heavy atom. The van der Waals surface area contributed by atoms with Crippen LogP contribution in [0.3, 0.4) is 0 Å². The first-order valence-corrected chi connectivity index (χ1v) is 11.9. The Bertz CT molecular complexity index is 1700. The Morgan fingerprint density at radius 2 is 1.67 bits per heavy atom. The van der Waals surface area contributed by atoms with Gasteiger partial charge < -0.3 is 5.73 Å². The minimum Gasteiger partial charge on any atom is -0.317 e. The predicted molar refractivity (Wildman–Crippen MR) is 126 cm³/mol. The van der Waals surface area contributed by atoms with Crippen LogP contribution in [-0.4, -0.2) is 17.8 Å². The summed E-state index contributed by atoms with van der Waals surface area (Å²) >= 11 is 6.37. The van der Waals surface area contributed by atoms with Crippen LogP contribution < -0.4 is 15.9 Å². The van der Waals surface area contributed by atoms with Crippen molar-refractivity contribution in [1.82, 2.24) is 9.38 Å². The van der Waals surface area contributed by atoms with Gasteiger partial charge in [-0.25, -0.2) is 13.0 Å². The number of halogens is 1. The summed E-state index contributed by atoms with van der Waals surface area (Å²) in [6.07, 6.45) is 1.59. The summed E-state index contributed by atoms with van der Waals surface area (Å²) in [5, 5.41) is 0.626. The van der Waals surface area contributed by atoms with Crippen molar-refractivity contribution in [3.63, 3.8) is 0 Å². The Labute approximate surface area is 194 Å². The van der Waals surface area contributed by atoms with Crippen molar-refractivity contribution in [3.05, 3.63) is 106 Å². The number of anilines is 1. The number of sulfone groups is 1. The second kappa shape index (κ2) is 7.99. The van der Waals surface area contributed by atoms with Crippen LogP contribution in [0.1, 0.15) is 5.56 Å². The Hall–Kier alpha value is -3.75. The summed E-state index contributed by atoms with van der Waals surface area (Å²) in [6.45, 7) is 0.135. The van der Waals surface area contributed by atoms with Gasteiger partial charge in [-0.05, 0) is 36.4 Å². The van der Waals surface area contributed by atoms with Crippen LogP contribution in [0.2, 0.25) is 5.02 Å². The highest BCUT2D eigenvalue weighted by atomic mass is 35.5. The minimum atomic E-state index is -4.01. The van der Waals surface area contributed by atoms with E-state index in [1.165, 1.54) is 27.2 Å². The summed E-state index contributed by atoms with van der Waals surface area (Å²) in [5.41, 5.74) is 7.46. The molecule has 3 aromatic heterocycles. The molecule has 0 saturated heterocycles. The lowest BCUT2D eigenvalue weighted by atomic mass is 10.2. The molecule has 0 fully saturated rings. The first-order chi connectivity index (χ1) is 15.9. The molecule has 0 radical (unpaired) electrons. The van der Waals surface area contributed by atoms with Gasteiger partial charge in [0.05, 0.1) is 11.4 Å². The van der Waals surface area contributed by atoms with E-state index in [2.05, 4.69) is 4.98 Å². The fraction of sp³-hybridized carbons (Fsp3) is 0.0417. The highest BCUT2D eigenvalue weighted by Gasteiger charge is 2.29. The van der Waals surface area contributed by atoms with E-state index in [1.807, 2.05) is 12.1 Å². The zero-order valence-corrected chi connectivity index (χ0v) is 18.8. The molecule has 0 amide bonds. The zero-order valence-electron chi connectivity index (χ0n) is 17.2. The second-order valence-electron chi connectivity index (χ2n) is 7.47. The fourth-order valence-electron chi connectivity index (χ4n) is 3.77. The minimum absolute atomic E-state index is 0.0292. The number of rotatable bonds is 4. The van der Waals surface area contributed by atoms with Gasteiger partial charge in [0.15, 0.2) is 0 Å². The van der Waals surface area contributed by atoms with Gasteiger partial charge in [0.25, 0.3) is 11.2 Å². The van der Waals surface area contributed by atoms with E-state index in [4.69, 9.17) is 17.3 Å². The third-order valence-electron chi connectivity index (χ3n) is 5.45. The molecule has 33 heavy (non-hydrogen) atoms. The van der Waals surface area contributed by atoms with Crippen molar-refractivity contribution < 1.29 is 13.0 Å². The average Bonchev–Trinajstić information content (AvgIpc) is 2.83. The summed E-state index contributed by atoms with van der Waals surface area (Å²) in [7, 11) is -4.01. The number of hydrogen-bond donors (Lipinski definition) is 1. The monoisotopic (exact) mass is 477 g/mol. The van der Waals surface area contributed by atoms with E-state index in [0.29, 0.717) is 16.2 Å². The molecule has 9 heteroatoms. The number of nitrogens with two attached hydrogens (primary N) is 1. The summed E-state index contributed by atoms with van der Waals surface area (Å²) < 4.78 is 29.9. The molecular weight excluding hydrogens is 460 g/mol. The maximum Gasteiger partial charge on any atom is 0.278 e. The number of benzene rings is 2. The zero-order chi connectivity index (χ0) is 23.2. The second-order valence-corrected chi connectivity index (χ2v) is 9.80. The van der Waals surface area contributed by atoms with E-state index in [1.54, 1.807) is 54.7 Å². The van der Waals surface area contributed by atoms with Crippen molar-refractivity contribution in [3.8, 4) is 0 Å². The van der Waals surface area contributed by atoms with Gasteiger partial charge in [-0.1, -0.05) is 59.0 Å². The molecule has 0 unspecified atom stereocenters. The van der Waals surface area contributed by atoms with Crippen LogP contribution >= 0.6 is 11.6 Å². The SMILES string of the molecule is Nc1c(S(=O)(=O)c2ccccc2)cc2c(=O)n3ccccc3nc2[n+]1Cc1ccccc1Cl. The smallest absolute Gasteiger partial charge is 0.278 e. The molecule has 0 saturated carbocycles. The van der Waals surface area contributed by atoms with E-state index in [-0.39, 0.29) is 33.2 Å². The quantitative estimate of drug-likeness (QED) is 0.316. The normalized spacial score (nSPS) is 11.8. The molecule has 164 valence electrons. The van der Waals surface area contributed by atoms with Gasteiger partial charge in [-0.2, -0.15) is 0 Å². The molecule has 0 bridgehead atoms. The van der Waals surface area contributed by atoms with E-state index < -0.39 is 15.4 Å². The summed E-state index contributed by atoms with van der Waals surface area (Å²) in [6, 6.07) is 21.6. The lowest BCUT2D eigenvalue weighted by molar-refractivity contribution is -0.651. The fourth-order valence-corrected chi connectivity index (χ4v) is 5.40. The van der Waals surface area contributed by atoms with Gasteiger partial charge in [0, 0.05) is 16.8 Å². The first kappa shape index (κ1) is 21.1. The standard InChI is InChI=1S/C24H17ClN4O3S/c25-19-11-5-4-8-16(19)15-29-22(26)20(33(31,32)17-9-2-1-3-10-17)14-18-23(29)27-21-12-6-7-13-28(21)24(18)30/h1-14,26H,15H2/p+1. The van der Waals surface area contributed by atoms with E-state index in [9.17, 15) is 13.2 Å². The largest absolute Gasteiger partial charge is 0.317 e. The molecule has 3 heterocycles. The third-order valence-corrected chi connectivity index (χ3v) is 7.62. The predicted octanol–water partition coefficient (Wildman–Crippen LogP) is 3.25. The van der Waals surface area contributed by atoms with Crippen LogP contribution in [0.5, 0.6) is 0 Å². The topological polar surface area (TPSA) is 98.4 Å². The van der Waals surface area contributed by atoms with Crippen molar-refractivity contribution >= 4 is 43.9 Å².